The van der Waals surface area contributed by atoms with Crippen LogP contribution >= 0.6 is 0 Å². The molecule has 0 saturated carbocycles. The maximum Gasteiger partial charge on any atom is 0.256 e. The van der Waals surface area contributed by atoms with Crippen LogP contribution in [0.4, 0.5) is 5.82 Å². The number of hydrogen-bond acceptors (Lipinski definition) is 4. The van der Waals surface area contributed by atoms with Crippen molar-refractivity contribution in [2.75, 3.05) is 11.9 Å². The lowest BCUT2D eigenvalue weighted by atomic mass is 10.2. The summed E-state index contributed by atoms with van der Waals surface area (Å²) < 4.78 is 5.31. The SMILES string of the molecule is CCOc1ccc(C(=O)Nc2ccc(C#N)cn2)cc1. The second-order valence-electron chi connectivity index (χ2n) is 3.96. The van der Waals surface area contributed by atoms with E-state index in [0.717, 1.165) is 5.75 Å². The number of carbonyl (C=O) groups excluding carboxylic acids is 1. The van der Waals surface area contributed by atoms with E-state index in [0.29, 0.717) is 23.6 Å². The average molecular weight is 267 g/mol. The number of nitriles is 1. The van der Waals surface area contributed by atoms with Gasteiger partial charge in [-0.1, -0.05) is 0 Å². The molecule has 1 N–H and O–H groups in total. The maximum atomic E-state index is 12.0. The van der Waals surface area contributed by atoms with Gasteiger partial charge < -0.3 is 10.1 Å². The molecule has 100 valence electrons. The van der Waals surface area contributed by atoms with Crippen molar-refractivity contribution in [3.05, 3.63) is 53.7 Å². The predicted molar refractivity (Wildman–Crippen MR) is 74.5 cm³/mol. The normalized spacial score (nSPS) is 9.60. The molecule has 0 aliphatic heterocycles. The molecule has 2 rings (SSSR count). The Bertz CT molecular complexity index is 628. The number of amides is 1. The molecule has 2 aromatic rings. The molecule has 0 saturated heterocycles. The van der Waals surface area contributed by atoms with Crippen LogP contribution in [0.1, 0.15) is 22.8 Å². The number of hydrogen-bond donors (Lipinski definition) is 1. The third-order valence-corrected chi connectivity index (χ3v) is 2.56. The van der Waals surface area contributed by atoms with Crippen molar-refractivity contribution in [2.24, 2.45) is 0 Å². The van der Waals surface area contributed by atoms with E-state index in [1.165, 1.54) is 6.20 Å². The lowest BCUT2D eigenvalue weighted by Gasteiger charge is -2.06. The van der Waals surface area contributed by atoms with Crippen LogP contribution in [0.15, 0.2) is 42.6 Å². The molecular weight excluding hydrogens is 254 g/mol. The van der Waals surface area contributed by atoms with E-state index in [-0.39, 0.29) is 5.91 Å². The molecule has 0 radical (unpaired) electrons. The van der Waals surface area contributed by atoms with Gasteiger partial charge in [-0.05, 0) is 43.3 Å². The minimum atomic E-state index is -0.259. The molecule has 0 atom stereocenters. The fourth-order valence-electron chi connectivity index (χ4n) is 1.59. The van der Waals surface area contributed by atoms with Crippen LogP contribution in [0, 0.1) is 11.3 Å². The van der Waals surface area contributed by atoms with Gasteiger partial charge in [0.1, 0.15) is 17.6 Å². The predicted octanol–water partition coefficient (Wildman–Crippen LogP) is 2.60. The van der Waals surface area contributed by atoms with Crippen LogP contribution in [0.5, 0.6) is 5.75 Å². The Morgan fingerprint density at radius 3 is 2.60 bits per heavy atom. The standard InChI is InChI=1S/C15H13N3O2/c1-2-20-13-6-4-12(5-7-13)15(19)18-14-8-3-11(9-16)10-17-14/h3-8,10H,2H2,1H3,(H,17,18,19). The van der Waals surface area contributed by atoms with Crippen LogP contribution in [0.3, 0.4) is 0 Å². The number of nitrogens with zero attached hydrogens (tertiary/aromatic N) is 2. The molecular formula is C15H13N3O2. The van der Waals surface area contributed by atoms with Crippen molar-refractivity contribution in [1.82, 2.24) is 4.98 Å². The smallest absolute Gasteiger partial charge is 0.256 e. The molecule has 0 aliphatic carbocycles. The summed E-state index contributed by atoms with van der Waals surface area (Å²) in [6.07, 6.45) is 1.41. The van der Waals surface area contributed by atoms with Crippen molar-refractivity contribution < 1.29 is 9.53 Å². The van der Waals surface area contributed by atoms with Gasteiger partial charge in [0.15, 0.2) is 0 Å². The highest BCUT2D eigenvalue weighted by Crippen LogP contribution is 2.13. The van der Waals surface area contributed by atoms with Crippen LogP contribution < -0.4 is 10.1 Å². The van der Waals surface area contributed by atoms with Gasteiger partial charge in [-0.25, -0.2) is 4.98 Å². The van der Waals surface area contributed by atoms with Gasteiger partial charge in [-0.15, -0.1) is 0 Å². The first-order valence-corrected chi connectivity index (χ1v) is 6.13. The largest absolute Gasteiger partial charge is 0.494 e. The van der Waals surface area contributed by atoms with E-state index in [9.17, 15) is 4.79 Å². The fourth-order valence-corrected chi connectivity index (χ4v) is 1.59. The van der Waals surface area contributed by atoms with Crippen molar-refractivity contribution in [3.63, 3.8) is 0 Å². The Labute approximate surface area is 116 Å². The summed E-state index contributed by atoms with van der Waals surface area (Å²) in [4.78, 5) is 16.0. The van der Waals surface area contributed by atoms with Gasteiger partial charge in [-0.3, -0.25) is 4.79 Å². The van der Waals surface area contributed by atoms with Gasteiger partial charge in [0, 0.05) is 11.8 Å². The molecule has 5 heteroatoms. The molecule has 5 nitrogen and oxygen atoms in total. The molecule has 1 heterocycles. The number of pyridine rings is 1. The summed E-state index contributed by atoms with van der Waals surface area (Å²) in [5.74, 6) is 0.869. The Morgan fingerprint density at radius 1 is 1.30 bits per heavy atom. The minimum absolute atomic E-state index is 0.259. The lowest BCUT2D eigenvalue weighted by Crippen LogP contribution is -2.12. The van der Waals surface area contributed by atoms with Crippen LogP contribution in [-0.4, -0.2) is 17.5 Å². The number of benzene rings is 1. The number of rotatable bonds is 4. The van der Waals surface area contributed by atoms with E-state index in [2.05, 4.69) is 10.3 Å². The van der Waals surface area contributed by atoms with Crippen LogP contribution in [0.2, 0.25) is 0 Å². The molecule has 0 unspecified atom stereocenters. The second kappa shape index (κ2) is 6.34. The second-order valence-corrected chi connectivity index (χ2v) is 3.96. The molecule has 0 bridgehead atoms. The zero-order valence-corrected chi connectivity index (χ0v) is 11.0. The van der Waals surface area contributed by atoms with E-state index in [1.807, 2.05) is 13.0 Å². The van der Waals surface area contributed by atoms with Crippen molar-refractivity contribution >= 4 is 11.7 Å². The highest BCUT2D eigenvalue weighted by atomic mass is 16.5. The summed E-state index contributed by atoms with van der Waals surface area (Å²) >= 11 is 0. The quantitative estimate of drug-likeness (QED) is 0.923. The number of carbonyl (C=O) groups is 1. The third kappa shape index (κ3) is 3.33. The van der Waals surface area contributed by atoms with E-state index < -0.39 is 0 Å². The molecule has 20 heavy (non-hydrogen) atoms. The average Bonchev–Trinajstić information content (AvgIpc) is 2.49. The van der Waals surface area contributed by atoms with Gasteiger partial charge >= 0.3 is 0 Å². The molecule has 0 fully saturated rings. The van der Waals surface area contributed by atoms with Gasteiger partial charge in [-0.2, -0.15) is 5.26 Å². The molecule has 0 spiro atoms. The monoisotopic (exact) mass is 267 g/mol. The molecule has 1 aromatic carbocycles. The van der Waals surface area contributed by atoms with E-state index in [1.54, 1.807) is 36.4 Å². The fraction of sp³-hybridized carbons (Fsp3) is 0.133. The van der Waals surface area contributed by atoms with E-state index >= 15 is 0 Å². The first-order chi connectivity index (χ1) is 9.72. The van der Waals surface area contributed by atoms with Crippen LogP contribution in [0.25, 0.3) is 0 Å². The zero-order valence-electron chi connectivity index (χ0n) is 11.0. The highest BCUT2D eigenvalue weighted by Gasteiger charge is 2.07. The van der Waals surface area contributed by atoms with E-state index in [4.69, 9.17) is 10.00 Å². The Kier molecular flexibility index (Phi) is 4.30. The lowest BCUT2D eigenvalue weighted by molar-refractivity contribution is 0.102. The molecule has 0 aliphatic rings. The summed E-state index contributed by atoms with van der Waals surface area (Å²) in [6.45, 7) is 2.48. The highest BCUT2D eigenvalue weighted by molar-refractivity contribution is 6.03. The maximum absolute atomic E-state index is 12.0. The molecule has 1 amide bonds. The summed E-state index contributed by atoms with van der Waals surface area (Å²) in [5.41, 5.74) is 0.962. The van der Waals surface area contributed by atoms with Crippen molar-refractivity contribution in [2.45, 2.75) is 6.92 Å². The Hall–Kier alpha value is -2.87. The topological polar surface area (TPSA) is 75.0 Å². The summed E-state index contributed by atoms with van der Waals surface area (Å²) in [6, 6.07) is 12.0. The number of nitrogens with one attached hydrogen (secondary N) is 1. The first-order valence-electron chi connectivity index (χ1n) is 6.13. The van der Waals surface area contributed by atoms with Gasteiger partial charge in [0.25, 0.3) is 5.91 Å². The zero-order chi connectivity index (χ0) is 14.4. The van der Waals surface area contributed by atoms with Crippen molar-refractivity contribution in [3.8, 4) is 11.8 Å². The first kappa shape index (κ1) is 13.6. The number of ether oxygens (including phenoxy) is 1. The van der Waals surface area contributed by atoms with Crippen LogP contribution in [-0.2, 0) is 0 Å². The molecule has 1 aromatic heterocycles. The number of aromatic nitrogens is 1. The van der Waals surface area contributed by atoms with Gasteiger partial charge in [0.2, 0.25) is 0 Å². The van der Waals surface area contributed by atoms with Gasteiger partial charge in [0.05, 0.1) is 12.2 Å². The third-order valence-electron chi connectivity index (χ3n) is 2.56. The summed E-state index contributed by atoms with van der Waals surface area (Å²) in [7, 11) is 0. The summed E-state index contributed by atoms with van der Waals surface area (Å²) in [5, 5.41) is 11.3. The van der Waals surface area contributed by atoms with Crippen molar-refractivity contribution in [1.29, 1.82) is 5.26 Å². The minimum Gasteiger partial charge on any atom is -0.494 e. The number of anilines is 1. The Balaban J connectivity index is 2.05. The Morgan fingerprint density at radius 2 is 2.05 bits per heavy atom.